The van der Waals surface area contributed by atoms with Gasteiger partial charge in [0.15, 0.2) is 0 Å². The molecular weight excluding hydrogens is 190 g/mol. The molecule has 0 aromatic carbocycles. The lowest BCUT2D eigenvalue weighted by atomic mass is 10.0. The fourth-order valence-electron chi connectivity index (χ4n) is 1.77. The number of amides is 1. The van der Waals surface area contributed by atoms with Crippen LogP contribution in [0.2, 0.25) is 0 Å². The van der Waals surface area contributed by atoms with Crippen LogP contribution in [-0.2, 0) is 4.79 Å². The lowest BCUT2D eigenvalue weighted by Crippen LogP contribution is -2.44. The van der Waals surface area contributed by atoms with E-state index in [9.17, 15) is 4.79 Å². The summed E-state index contributed by atoms with van der Waals surface area (Å²) >= 11 is 0. The van der Waals surface area contributed by atoms with Crippen LogP contribution in [0, 0.1) is 5.92 Å². The molecule has 1 N–H and O–H groups in total. The van der Waals surface area contributed by atoms with E-state index in [4.69, 9.17) is 5.11 Å². The molecule has 0 aliphatic heterocycles. The smallest absolute Gasteiger partial charge is 0.225 e. The molecular formula is C12H25NO2. The largest absolute Gasteiger partial charge is 0.395 e. The van der Waals surface area contributed by atoms with Crippen molar-refractivity contribution in [1.82, 2.24) is 4.90 Å². The Morgan fingerprint density at radius 3 is 2.07 bits per heavy atom. The minimum Gasteiger partial charge on any atom is -0.395 e. The standard InChI is InChI=1S/C12H25NO2/c1-5-10(4)12(15)13(8-9-14)11(6-2)7-3/h10-11,14H,5-9H2,1-4H3. The molecule has 0 radical (unpaired) electrons. The molecule has 15 heavy (non-hydrogen) atoms. The zero-order chi connectivity index (χ0) is 11.8. The third-order valence-electron chi connectivity index (χ3n) is 3.04. The Kier molecular flexibility index (Phi) is 7.39. The molecule has 0 heterocycles. The molecule has 0 fully saturated rings. The predicted molar refractivity (Wildman–Crippen MR) is 62.6 cm³/mol. The molecule has 0 aromatic rings. The zero-order valence-electron chi connectivity index (χ0n) is 10.5. The molecule has 0 spiro atoms. The van der Waals surface area contributed by atoms with Crippen molar-refractivity contribution in [2.45, 2.75) is 53.0 Å². The van der Waals surface area contributed by atoms with Crippen LogP contribution in [0.5, 0.6) is 0 Å². The third kappa shape index (κ3) is 4.20. The van der Waals surface area contributed by atoms with Gasteiger partial charge in [-0.1, -0.05) is 27.7 Å². The van der Waals surface area contributed by atoms with E-state index in [0.717, 1.165) is 19.3 Å². The number of nitrogens with zero attached hydrogens (tertiary/aromatic N) is 1. The molecule has 0 bridgehead atoms. The SMILES string of the molecule is CCC(C)C(=O)N(CCO)C(CC)CC. The molecule has 0 saturated carbocycles. The lowest BCUT2D eigenvalue weighted by Gasteiger charge is -2.32. The summed E-state index contributed by atoms with van der Waals surface area (Å²) in [6.45, 7) is 8.67. The molecule has 0 saturated heterocycles. The summed E-state index contributed by atoms with van der Waals surface area (Å²) in [5.74, 6) is 0.248. The number of carbonyl (C=O) groups is 1. The molecule has 0 aliphatic rings. The number of hydrogen-bond donors (Lipinski definition) is 1. The maximum atomic E-state index is 12.0. The second kappa shape index (κ2) is 7.69. The van der Waals surface area contributed by atoms with Crippen LogP contribution in [-0.4, -0.2) is 35.1 Å². The van der Waals surface area contributed by atoms with E-state index in [0.29, 0.717) is 6.54 Å². The van der Waals surface area contributed by atoms with Gasteiger partial charge in [-0.25, -0.2) is 0 Å². The molecule has 0 rings (SSSR count). The Balaban J connectivity index is 4.55. The first-order chi connectivity index (χ1) is 7.12. The van der Waals surface area contributed by atoms with Crippen molar-refractivity contribution < 1.29 is 9.90 Å². The topological polar surface area (TPSA) is 40.5 Å². The van der Waals surface area contributed by atoms with Crippen molar-refractivity contribution in [3.8, 4) is 0 Å². The summed E-state index contributed by atoms with van der Waals surface area (Å²) < 4.78 is 0. The maximum absolute atomic E-state index is 12.0. The fourth-order valence-corrected chi connectivity index (χ4v) is 1.77. The monoisotopic (exact) mass is 215 g/mol. The third-order valence-corrected chi connectivity index (χ3v) is 3.04. The van der Waals surface area contributed by atoms with Gasteiger partial charge in [0, 0.05) is 18.5 Å². The molecule has 0 aliphatic carbocycles. The number of aliphatic hydroxyl groups excluding tert-OH is 1. The summed E-state index contributed by atoms with van der Waals surface area (Å²) in [4.78, 5) is 13.9. The van der Waals surface area contributed by atoms with Gasteiger partial charge >= 0.3 is 0 Å². The van der Waals surface area contributed by atoms with E-state index < -0.39 is 0 Å². The number of hydrogen-bond acceptors (Lipinski definition) is 2. The summed E-state index contributed by atoms with van der Waals surface area (Å²) in [6, 6.07) is 0.277. The first-order valence-electron chi connectivity index (χ1n) is 6.03. The first-order valence-corrected chi connectivity index (χ1v) is 6.03. The van der Waals surface area contributed by atoms with Crippen LogP contribution in [0.1, 0.15) is 47.0 Å². The quantitative estimate of drug-likeness (QED) is 0.706. The normalized spacial score (nSPS) is 12.9. The average Bonchev–Trinajstić information content (AvgIpc) is 2.27. The van der Waals surface area contributed by atoms with Crippen molar-refractivity contribution in [3.63, 3.8) is 0 Å². The van der Waals surface area contributed by atoms with Crippen LogP contribution in [0.4, 0.5) is 0 Å². The number of aliphatic hydroxyl groups is 1. The molecule has 3 heteroatoms. The first kappa shape index (κ1) is 14.4. The van der Waals surface area contributed by atoms with Crippen molar-refractivity contribution >= 4 is 5.91 Å². The van der Waals surface area contributed by atoms with E-state index in [1.54, 1.807) is 0 Å². The van der Waals surface area contributed by atoms with E-state index in [2.05, 4.69) is 13.8 Å². The van der Waals surface area contributed by atoms with Crippen LogP contribution in [0.25, 0.3) is 0 Å². The van der Waals surface area contributed by atoms with Crippen molar-refractivity contribution in [1.29, 1.82) is 0 Å². The number of rotatable bonds is 7. The van der Waals surface area contributed by atoms with Crippen molar-refractivity contribution in [3.05, 3.63) is 0 Å². The summed E-state index contributed by atoms with van der Waals surface area (Å²) in [6.07, 6.45) is 2.78. The van der Waals surface area contributed by atoms with E-state index >= 15 is 0 Å². The molecule has 0 aromatic heterocycles. The van der Waals surface area contributed by atoms with E-state index in [-0.39, 0.29) is 24.5 Å². The maximum Gasteiger partial charge on any atom is 0.225 e. The van der Waals surface area contributed by atoms with Crippen LogP contribution in [0.15, 0.2) is 0 Å². The highest BCUT2D eigenvalue weighted by molar-refractivity contribution is 5.78. The predicted octanol–water partition coefficient (Wildman–Crippen LogP) is 2.04. The highest BCUT2D eigenvalue weighted by atomic mass is 16.3. The molecule has 1 unspecified atom stereocenters. The van der Waals surface area contributed by atoms with Crippen LogP contribution in [0.3, 0.4) is 0 Å². The van der Waals surface area contributed by atoms with Crippen molar-refractivity contribution in [2.24, 2.45) is 5.92 Å². The minimum absolute atomic E-state index is 0.0542. The Morgan fingerprint density at radius 1 is 1.20 bits per heavy atom. The molecule has 3 nitrogen and oxygen atoms in total. The highest BCUT2D eigenvalue weighted by Gasteiger charge is 2.23. The second-order valence-electron chi connectivity index (χ2n) is 4.03. The summed E-state index contributed by atoms with van der Waals surface area (Å²) in [5.41, 5.74) is 0. The van der Waals surface area contributed by atoms with Gasteiger partial charge in [0.05, 0.1) is 6.61 Å². The van der Waals surface area contributed by atoms with Gasteiger partial charge in [-0.15, -0.1) is 0 Å². The minimum atomic E-state index is 0.0542. The Bertz CT molecular complexity index is 178. The van der Waals surface area contributed by atoms with Gasteiger partial charge in [0.25, 0.3) is 0 Å². The van der Waals surface area contributed by atoms with E-state index in [1.165, 1.54) is 0 Å². The van der Waals surface area contributed by atoms with Gasteiger partial charge in [0.2, 0.25) is 5.91 Å². The van der Waals surface area contributed by atoms with Gasteiger partial charge in [0.1, 0.15) is 0 Å². The van der Waals surface area contributed by atoms with Gasteiger partial charge in [-0.05, 0) is 19.3 Å². The van der Waals surface area contributed by atoms with Crippen LogP contribution >= 0.6 is 0 Å². The fraction of sp³-hybridized carbons (Fsp3) is 0.917. The van der Waals surface area contributed by atoms with Crippen molar-refractivity contribution in [2.75, 3.05) is 13.2 Å². The summed E-state index contributed by atoms with van der Waals surface area (Å²) in [7, 11) is 0. The zero-order valence-corrected chi connectivity index (χ0v) is 10.5. The molecule has 1 amide bonds. The molecule has 1 atom stereocenters. The van der Waals surface area contributed by atoms with Gasteiger partial charge < -0.3 is 10.0 Å². The Labute approximate surface area is 93.5 Å². The average molecular weight is 215 g/mol. The second-order valence-corrected chi connectivity index (χ2v) is 4.03. The highest BCUT2D eigenvalue weighted by Crippen LogP contribution is 2.14. The Hall–Kier alpha value is -0.570. The Morgan fingerprint density at radius 2 is 1.73 bits per heavy atom. The van der Waals surface area contributed by atoms with Gasteiger partial charge in [-0.2, -0.15) is 0 Å². The van der Waals surface area contributed by atoms with Crippen LogP contribution < -0.4 is 0 Å². The van der Waals surface area contributed by atoms with E-state index in [1.807, 2.05) is 18.7 Å². The molecule has 90 valence electrons. The van der Waals surface area contributed by atoms with Gasteiger partial charge in [-0.3, -0.25) is 4.79 Å². The lowest BCUT2D eigenvalue weighted by molar-refractivity contribution is -0.138. The number of carbonyl (C=O) groups excluding carboxylic acids is 1. The summed E-state index contributed by atoms with van der Waals surface area (Å²) in [5, 5.41) is 8.99.